The van der Waals surface area contributed by atoms with Gasteiger partial charge in [-0.2, -0.15) is 0 Å². The zero-order valence-electron chi connectivity index (χ0n) is 15.0. The third kappa shape index (κ3) is 2.88. The van der Waals surface area contributed by atoms with E-state index in [1.807, 2.05) is 24.4 Å². The van der Waals surface area contributed by atoms with Crippen molar-refractivity contribution in [3.63, 3.8) is 0 Å². The summed E-state index contributed by atoms with van der Waals surface area (Å²) >= 11 is 6.08. The van der Waals surface area contributed by atoms with E-state index in [1.54, 1.807) is 0 Å². The van der Waals surface area contributed by atoms with Crippen molar-refractivity contribution >= 4 is 34.5 Å². The van der Waals surface area contributed by atoms with Crippen LogP contribution in [0.25, 0.3) is 16.7 Å². The molecule has 27 heavy (non-hydrogen) atoms. The lowest BCUT2D eigenvalue weighted by Gasteiger charge is -2.42. The maximum atomic E-state index is 6.08. The van der Waals surface area contributed by atoms with E-state index in [0.29, 0.717) is 5.92 Å². The highest BCUT2D eigenvalue weighted by molar-refractivity contribution is 6.31. The van der Waals surface area contributed by atoms with Crippen molar-refractivity contribution in [2.75, 3.05) is 19.6 Å². The van der Waals surface area contributed by atoms with Crippen molar-refractivity contribution in [1.82, 2.24) is 20.2 Å². The average Bonchev–Trinajstić information content (AvgIpc) is 3.04. The smallest absolute Gasteiger partial charge is 0.129 e. The Balaban J connectivity index is 1.41. The van der Waals surface area contributed by atoms with Gasteiger partial charge in [-0.1, -0.05) is 35.9 Å². The molecule has 1 saturated heterocycles. The Kier molecular flexibility index (Phi) is 3.90. The van der Waals surface area contributed by atoms with Gasteiger partial charge in [-0.15, -0.1) is 0 Å². The molecule has 0 radical (unpaired) electrons. The third-order valence-electron chi connectivity index (χ3n) is 5.25. The number of hydrogen-bond acceptors (Lipinski definition) is 4. The van der Waals surface area contributed by atoms with Crippen molar-refractivity contribution < 1.29 is 0 Å². The van der Waals surface area contributed by atoms with Gasteiger partial charge in [0, 0.05) is 29.9 Å². The van der Waals surface area contributed by atoms with Crippen LogP contribution in [0, 0.1) is 6.92 Å². The van der Waals surface area contributed by atoms with Crippen molar-refractivity contribution in [2.24, 2.45) is 4.99 Å². The van der Waals surface area contributed by atoms with E-state index in [4.69, 9.17) is 21.6 Å². The number of H-pyrrole nitrogens is 1. The van der Waals surface area contributed by atoms with E-state index in [0.717, 1.165) is 53.0 Å². The maximum absolute atomic E-state index is 6.08. The summed E-state index contributed by atoms with van der Waals surface area (Å²) in [5, 5.41) is 4.24. The SMILES string of the molecule is Cc1ccccc1C1=C(N2CC(c3nc4ccc(Cl)cc4[nH]3)C2)NCC=N1. The summed E-state index contributed by atoms with van der Waals surface area (Å²) < 4.78 is 0. The number of aliphatic imine (C=N–C) groups is 1. The van der Waals surface area contributed by atoms with Crippen LogP contribution in [0.2, 0.25) is 5.02 Å². The second-order valence-electron chi connectivity index (χ2n) is 7.09. The van der Waals surface area contributed by atoms with Crippen molar-refractivity contribution in [2.45, 2.75) is 12.8 Å². The van der Waals surface area contributed by atoms with Crippen LogP contribution in [0.15, 0.2) is 53.3 Å². The molecule has 1 fully saturated rings. The Bertz CT molecular complexity index is 1080. The first kappa shape index (κ1) is 16.4. The molecule has 136 valence electrons. The Morgan fingerprint density at radius 2 is 2.00 bits per heavy atom. The normalized spacial score (nSPS) is 17.3. The first-order valence-electron chi connectivity index (χ1n) is 9.16. The molecule has 0 saturated carbocycles. The maximum Gasteiger partial charge on any atom is 0.129 e. The zero-order chi connectivity index (χ0) is 18.4. The van der Waals surface area contributed by atoms with Gasteiger partial charge in [0.15, 0.2) is 0 Å². The van der Waals surface area contributed by atoms with Gasteiger partial charge in [-0.05, 0) is 30.7 Å². The van der Waals surface area contributed by atoms with Crippen LogP contribution < -0.4 is 5.32 Å². The summed E-state index contributed by atoms with van der Waals surface area (Å²) in [6, 6.07) is 14.2. The Morgan fingerprint density at radius 3 is 2.85 bits per heavy atom. The fraction of sp³-hybridized carbons (Fsp3) is 0.238. The number of nitrogens with zero attached hydrogens (tertiary/aromatic N) is 3. The lowest BCUT2D eigenvalue weighted by molar-refractivity contribution is 0.182. The molecule has 3 aromatic rings. The molecular formula is C21H20ClN5. The van der Waals surface area contributed by atoms with Crippen LogP contribution in [0.4, 0.5) is 0 Å². The third-order valence-corrected chi connectivity index (χ3v) is 5.49. The number of aromatic amines is 1. The van der Waals surface area contributed by atoms with E-state index >= 15 is 0 Å². The molecule has 0 aliphatic carbocycles. The van der Waals surface area contributed by atoms with E-state index in [-0.39, 0.29) is 0 Å². The lowest BCUT2D eigenvalue weighted by Crippen LogP contribution is -2.49. The number of benzene rings is 2. The molecule has 6 heteroatoms. The molecule has 2 N–H and O–H groups in total. The number of fused-ring (bicyclic) bond motifs is 1. The van der Waals surface area contributed by atoms with Crippen LogP contribution in [-0.2, 0) is 0 Å². The minimum atomic E-state index is 0.384. The number of rotatable bonds is 3. The lowest BCUT2D eigenvalue weighted by atomic mass is 9.98. The molecule has 0 atom stereocenters. The fourth-order valence-corrected chi connectivity index (χ4v) is 3.92. The number of halogens is 1. The Morgan fingerprint density at radius 1 is 1.15 bits per heavy atom. The minimum Gasteiger partial charge on any atom is -0.365 e. The fourth-order valence-electron chi connectivity index (χ4n) is 3.75. The molecule has 0 bridgehead atoms. The first-order chi connectivity index (χ1) is 13.2. The van der Waals surface area contributed by atoms with Crippen molar-refractivity contribution in [1.29, 1.82) is 0 Å². The molecule has 0 amide bonds. The van der Waals surface area contributed by atoms with Crippen LogP contribution >= 0.6 is 11.6 Å². The highest BCUT2D eigenvalue weighted by Gasteiger charge is 2.34. The highest BCUT2D eigenvalue weighted by Crippen LogP contribution is 2.33. The molecule has 5 nitrogen and oxygen atoms in total. The number of likely N-dealkylation sites (tertiary alicyclic amines) is 1. The molecule has 2 aliphatic rings. The van der Waals surface area contributed by atoms with E-state index in [9.17, 15) is 0 Å². The van der Waals surface area contributed by atoms with E-state index < -0.39 is 0 Å². The minimum absolute atomic E-state index is 0.384. The number of aromatic nitrogens is 2. The second kappa shape index (κ2) is 6.43. The summed E-state index contributed by atoms with van der Waals surface area (Å²) in [5.74, 6) is 2.53. The molecule has 0 spiro atoms. The van der Waals surface area contributed by atoms with E-state index in [2.05, 4.69) is 46.4 Å². The van der Waals surface area contributed by atoms with Crippen molar-refractivity contribution in [3.8, 4) is 0 Å². The number of aryl methyl sites for hydroxylation is 1. The van der Waals surface area contributed by atoms with Gasteiger partial charge >= 0.3 is 0 Å². The summed E-state index contributed by atoms with van der Waals surface area (Å²) in [7, 11) is 0. The molecular weight excluding hydrogens is 358 g/mol. The van der Waals surface area contributed by atoms with Crippen LogP contribution in [0.3, 0.4) is 0 Å². The van der Waals surface area contributed by atoms with Crippen molar-refractivity contribution in [3.05, 3.63) is 70.3 Å². The quantitative estimate of drug-likeness (QED) is 0.727. The summed E-state index contributed by atoms with van der Waals surface area (Å²) in [6.07, 6.45) is 1.94. The molecule has 0 unspecified atom stereocenters. The number of hydrogen-bond donors (Lipinski definition) is 2. The van der Waals surface area contributed by atoms with Gasteiger partial charge in [0.25, 0.3) is 0 Å². The van der Waals surface area contributed by atoms with Gasteiger partial charge in [0.1, 0.15) is 17.3 Å². The van der Waals surface area contributed by atoms with E-state index in [1.165, 1.54) is 11.1 Å². The predicted octanol–water partition coefficient (Wildman–Crippen LogP) is 3.92. The summed E-state index contributed by atoms with van der Waals surface area (Å²) in [5.41, 5.74) is 5.40. The van der Waals surface area contributed by atoms with Crippen LogP contribution in [0.1, 0.15) is 22.9 Å². The summed E-state index contributed by atoms with van der Waals surface area (Å²) in [6.45, 7) is 4.72. The molecule has 5 rings (SSSR count). The molecule has 1 aromatic heterocycles. The largest absolute Gasteiger partial charge is 0.365 e. The molecule has 3 heterocycles. The second-order valence-corrected chi connectivity index (χ2v) is 7.53. The van der Waals surface area contributed by atoms with Gasteiger partial charge in [-0.25, -0.2) is 4.98 Å². The van der Waals surface area contributed by atoms with Crippen LogP contribution in [0.5, 0.6) is 0 Å². The van der Waals surface area contributed by atoms with Gasteiger partial charge < -0.3 is 15.2 Å². The van der Waals surface area contributed by atoms with Gasteiger partial charge in [-0.3, -0.25) is 4.99 Å². The highest BCUT2D eigenvalue weighted by atomic mass is 35.5. The topological polar surface area (TPSA) is 56.3 Å². The molecule has 2 aliphatic heterocycles. The number of nitrogens with one attached hydrogen (secondary N) is 2. The zero-order valence-corrected chi connectivity index (χ0v) is 15.8. The average molecular weight is 378 g/mol. The Hall–Kier alpha value is -2.79. The first-order valence-corrected chi connectivity index (χ1v) is 9.53. The molecule has 2 aromatic carbocycles. The van der Waals surface area contributed by atoms with Crippen LogP contribution in [-0.4, -0.2) is 40.7 Å². The predicted molar refractivity (Wildman–Crippen MR) is 110 cm³/mol. The van der Waals surface area contributed by atoms with Gasteiger partial charge in [0.05, 0.1) is 23.5 Å². The Labute approximate surface area is 162 Å². The monoisotopic (exact) mass is 377 g/mol. The standard InChI is InChI=1S/C21H20ClN5/c1-13-4-2-3-5-16(13)19-21(24-9-8-23-19)27-11-14(12-27)20-25-17-7-6-15(22)10-18(17)26-20/h2-8,10,14,24H,9,11-12H2,1H3,(H,25,26). The summed E-state index contributed by atoms with van der Waals surface area (Å²) in [4.78, 5) is 15.2. The van der Waals surface area contributed by atoms with Gasteiger partial charge in [0.2, 0.25) is 0 Å². The number of imidazole rings is 1.